The largest absolute Gasteiger partial charge is 0.327 e. The van der Waals surface area contributed by atoms with E-state index in [-0.39, 0.29) is 6.04 Å². The molecule has 88 valence electrons. The summed E-state index contributed by atoms with van der Waals surface area (Å²) in [4.78, 5) is 1.38. The number of allylic oxidation sites excluding steroid dienone is 1. The first-order chi connectivity index (χ1) is 7.74. The number of hydrogen-bond acceptors (Lipinski definition) is 2. The van der Waals surface area contributed by atoms with Gasteiger partial charge in [0.1, 0.15) is 0 Å². The highest BCUT2D eigenvalue weighted by molar-refractivity contribution is 9.10. The highest BCUT2D eigenvalue weighted by Gasteiger charge is 2.10. The van der Waals surface area contributed by atoms with Crippen molar-refractivity contribution in [2.75, 3.05) is 0 Å². The third-order valence-corrected chi connectivity index (χ3v) is 4.71. The summed E-state index contributed by atoms with van der Waals surface area (Å²) >= 11 is 5.27. The highest BCUT2D eigenvalue weighted by atomic mass is 79.9. The topological polar surface area (TPSA) is 26.0 Å². The van der Waals surface area contributed by atoms with Gasteiger partial charge in [0.15, 0.2) is 0 Å². The van der Waals surface area contributed by atoms with Gasteiger partial charge in [-0.1, -0.05) is 11.6 Å². The predicted octanol–water partition coefficient (Wildman–Crippen LogP) is 4.27. The van der Waals surface area contributed by atoms with Gasteiger partial charge in [-0.05, 0) is 60.5 Å². The maximum Gasteiger partial charge on any atom is 0.0285 e. The zero-order valence-electron chi connectivity index (χ0n) is 9.42. The lowest BCUT2D eigenvalue weighted by atomic mass is 9.93. The van der Waals surface area contributed by atoms with E-state index < -0.39 is 0 Å². The third kappa shape index (κ3) is 3.72. The quantitative estimate of drug-likeness (QED) is 0.826. The average Bonchev–Trinajstić information content (AvgIpc) is 2.65. The molecule has 0 bridgehead atoms. The van der Waals surface area contributed by atoms with E-state index in [9.17, 15) is 0 Å². The van der Waals surface area contributed by atoms with Gasteiger partial charge in [0, 0.05) is 20.8 Å². The zero-order chi connectivity index (χ0) is 11.4. The SMILES string of the molecule is NC(CC1=CCCCC1)Cc1cc(Br)cs1. The normalized spacial score (nSPS) is 18.2. The summed E-state index contributed by atoms with van der Waals surface area (Å²) in [7, 11) is 0. The van der Waals surface area contributed by atoms with Crippen molar-refractivity contribution in [2.24, 2.45) is 5.73 Å². The van der Waals surface area contributed by atoms with Crippen LogP contribution in [0.15, 0.2) is 27.6 Å². The van der Waals surface area contributed by atoms with Crippen LogP contribution in [0.25, 0.3) is 0 Å². The molecule has 2 rings (SSSR count). The molecule has 2 N–H and O–H groups in total. The molecule has 1 aliphatic rings. The Morgan fingerprint density at radius 3 is 2.88 bits per heavy atom. The van der Waals surface area contributed by atoms with Gasteiger partial charge in [0.05, 0.1) is 0 Å². The molecule has 1 aliphatic carbocycles. The van der Waals surface area contributed by atoms with Gasteiger partial charge in [-0.3, -0.25) is 0 Å². The maximum absolute atomic E-state index is 6.20. The van der Waals surface area contributed by atoms with E-state index in [2.05, 4.69) is 33.5 Å². The lowest BCUT2D eigenvalue weighted by molar-refractivity contribution is 0.608. The Balaban J connectivity index is 1.83. The van der Waals surface area contributed by atoms with Crippen LogP contribution >= 0.6 is 27.3 Å². The van der Waals surface area contributed by atoms with Crippen LogP contribution in [0.3, 0.4) is 0 Å². The third-order valence-electron chi connectivity index (χ3n) is 2.99. The molecule has 0 fully saturated rings. The lowest BCUT2D eigenvalue weighted by Gasteiger charge is -2.16. The Bertz CT molecular complexity index is 370. The standard InChI is InChI=1S/C13H18BrNS/c14-11-7-13(16-9-11)8-12(15)6-10-4-2-1-3-5-10/h4,7,9,12H,1-3,5-6,8,15H2. The fourth-order valence-electron chi connectivity index (χ4n) is 2.22. The Kier molecular flexibility index (Phi) is 4.62. The highest BCUT2D eigenvalue weighted by Crippen LogP contribution is 2.24. The molecule has 1 atom stereocenters. The Hall–Kier alpha value is -0.120. The van der Waals surface area contributed by atoms with E-state index in [0.29, 0.717) is 0 Å². The molecule has 0 saturated carbocycles. The fourth-order valence-corrected chi connectivity index (χ4v) is 3.76. The smallest absolute Gasteiger partial charge is 0.0285 e. The molecule has 0 aromatic carbocycles. The molecule has 1 nitrogen and oxygen atoms in total. The molecule has 16 heavy (non-hydrogen) atoms. The predicted molar refractivity (Wildman–Crippen MR) is 74.9 cm³/mol. The first-order valence-corrected chi connectivity index (χ1v) is 7.57. The molecule has 0 radical (unpaired) electrons. The Morgan fingerprint density at radius 1 is 1.38 bits per heavy atom. The van der Waals surface area contributed by atoms with Crippen molar-refractivity contribution >= 4 is 27.3 Å². The van der Waals surface area contributed by atoms with Crippen LogP contribution in [-0.2, 0) is 6.42 Å². The molecule has 0 saturated heterocycles. The molecule has 1 unspecified atom stereocenters. The summed E-state index contributed by atoms with van der Waals surface area (Å²) in [6, 6.07) is 2.47. The number of rotatable bonds is 4. The second-order valence-corrected chi connectivity index (χ2v) is 6.42. The summed E-state index contributed by atoms with van der Waals surface area (Å²) in [6.07, 6.45) is 9.71. The maximum atomic E-state index is 6.20. The van der Waals surface area contributed by atoms with Crippen molar-refractivity contribution in [3.05, 3.63) is 32.4 Å². The molecule has 0 aliphatic heterocycles. The molecule has 0 spiro atoms. The van der Waals surface area contributed by atoms with E-state index in [1.807, 2.05) is 0 Å². The minimum atomic E-state index is 0.287. The van der Waals surface area contributed by atoms with Crippen LogP contribution in [0.2, 0.25) is 0 Å². The minimum absolute atomic E-state index is 0.287. The molecular weight excluding hydrogens is 282 g/mol. The van der Waals surface area contributed by atoms with Gasteiger partial charge in [-0.15, -0.1) is 11.3 Å². The van der Waals surface area contributed by atoms with Gasteiger partial charge < -0.3 is 5.73 Å². The molecule has 0 amide bonds. The summed E-state index contributed by atoms with van der Waals surface area (Å²) in [5, 5.41) is 2.13. The number of thiophene rings is 1. The lowest BCUT2D eigenvalue weighted by Crippen LogP contribution is -2.23. The van der Waals surface area contributed by atoms with Crippen LogP contribution in [0.1, 0.15) is 37.0 Å². The van der Waals surface area contributed by atoms with Crippen LogP contribution in [0.5, 0.6) is 0 Å². The summed E-state index contributed by atoms with van der Waals surface area (Å²) in [5.74, 6) is 0. The number of nitrogens with two attached hydrogens (primary N) is 1. The Labute approximate surface area is 110 Å². The summed E-state index contributed by atoms with van der Waals surface area (Å²) < 4.78 is 1.18. The van der Waals surface area contributed by atoms with E-state index in [0.717, 1.165) is 12.8 Å². The molecule has 1 aromatic heterocycles. The van der Waals surface area contributed by atoms with Gasteiger partial charge >= 0.3 is 0 Å². The minimum Gasteiger partial charge on any atom is -0.327 e. The van der Waals surface area contributed by atoms with Gasteiger partial charge in [0.25, 0.3) is 0 Å². The van der Waals surface area contributed by atoms with Crippen molar-refractivity contribution in [1.82, 2.24) is 0 Å². The van der Waals surface area contributed by atoms with Gasteiger partial charge in [-0.2, -0.15) is 0 Å². The average molecular weight is 300 g/mol. The van der Waals surface area contributed by atoms with Crippen LogP contribution in [-0.4, -0.2) is 6.04 Å². The Morgan fingerprint density at radius 2 is 2.25 bits per heavy atom. The van der Waals surface area contributed by atoms with E-state index >= 15 is 0 Å². The molecule has 1 aromatic rings. The fraction of sp³-hybridized carbons (Fsp3) is 0.538. The molecule has 3 heteroatoms. The van der Waals surface area contributed by atoms with Crippen molar-refractivity contribution in [2.45, 2.75) is 44.6 Å². The van der Waals surface area contributed by atoms with Gasteiger partial charge in [-0.25, -0.2) is 0 Å². The van der Waals surface area contributed by atoms with Gasteiger partial charge in [0.2, 0.25) is 0 Å². The van der Waals surface area contributed by atoms with Crippen molar-refractivity contribution < 1.29 is 0 Å². The first-order valence-electron chi connectivity index (χ1n) is 5.90. The second-order valence-electron chi connectivity index (χ2n) is 4.51. The number of hydrogen-bond donors (Lipinski definition) is 1. The van der Waals surface area contributed by atoms with E-state index in [4.69, 9.17) is 5.73 Å². The van der Waals surface area contributed by atoms with Crippen molar-refractivity contribution in [3.63, 3.8) is 0 Å². The molecular formula is C13H18BrNS. The van der Waals surface area contributed by atoms with Crippen LogP contribution in [0, 0.1) is 0 Å². The monoisotopic (exact) mass is 299 g/mol. The van der Waals surface area contributed by atoms with Crippen molar-refractivity contribution in [1.29, 1.82) is 0 Å². The van der Waals surface area contributed by atoms with Crippen molar-refractivity contribution in [3.8, 4) is 0 Å². The van der Waals surface area contributed by atoms with Crippen LogP contribution in [0.4, 0.5) is 0 Å². The summed E-state index contributed by atoms with van der Waals surface area (Å²) in [6.45, 7) is 0. The van der Waals surface area contributed by atoms with Crippen LogP contribution < -0.4 is 5.73 Å². The van der Waals surface area contributed by atoms with E-state index in [1.54, 1.807) is 16.9 Å². The molecule has 1 heterocycles. The zero-order valence-corrected chi connectivity index (χ0v) is 11.8. The van der Waals surface area contributed by atoms with E-state index in [1.165, 1.54) is 35.0 Å². The second kappa shape index (κ2) is 5.99. The number of halogens is 1. The first kappa shape index (κ1) is 12.3. The summed E-state index contributed by atoms with van der Waals surface area (Å²) in [5.41, 5.74) is 7.77.